The Balaban J connectivity index is 1.65. The van der Waals surface area contributed by atoms with E-state index in [1.165, 1.54) is 18.2 Å². The molecule has 1 N–H and O–H groups in total. The van der Waals surface area contributed by atoms with Crippen molar-refractivity contribution in [1.82, 2.24) is 0 Å². The molecule has 1 heterocycles. The van der Waals surface area contributed by atoms with Gasteiger partial charge in [0, 0.05) is 23.8 Å². The third-order valence-electron chi connectivity index (χ3n) is 4.79. The first-order valence-electron chi connectivity index (χ1n) is 9.26. The molecule has 2 unspecified atom stereocenters. The zero-order valence-electron chi connectivity index (χ0n) is 15.9. The van der Waals surface area contributed by atoms with E-state index in [1.807, 2.05) is 12.1 Å². The molecule has 0 aliphatic carbocycles. The fourth-order valence-corrected chi connectivity index (χ4v) is 3.60. The van der Waals surface area contributed by atoms with Crippen LogP contribution in [-0.4, -0.2) is 30.0 Å². The molecule has 29 heavy (non-hydrogen) atoms. The summed E-state index contributed by atoms with van der Waals surface area (Å²) in [7, 11) is 0. The van der Waals surface area contributed by atoms with E-state index in [1.54, 1.807) is 18.2 Å². The predicted octanol–water partition coefficient (Wildman–Crippen LogP) is 4.85. The number of carbonyl (C=O) groups is 1. The average molecular weight is 409 g/mol. The molecule has 1 fully saturated rings. The van der Waals surface area contributed by atoms with E-state index in [2.05, 4.69) is 16.6 Å². The number of carboxylic acid groups (broad SMARTS) is 1. The number of halogens is 3. The summed E-state index contributed by atoms with van der Waals surface area (Å²) in [5, 5.41) is 9.11. The first kappa shape index (κ1) is 20.8. The molecular weight excluding hydrogens is 387 g/mol. The number of benzene rings is 2. The number of carboxylic acids is 1. The van der Waals surface area contributed by atoms with Gasteiger partial charge < -0.3 is 19.5 Å². The Morgan fingerprint density at radius 2 is 1.86 bits per heavy atom. The lowest BCUT2D eigenvalue weighted by Crippen LogP contribution is -2.31. The maximum Gasteiger partial charge on any atom is 0.573 e. The highest BCUT2D eigenvalue weighted by Crippen LogP contribution is 2.32. The smallest absolute Gasteiger partial charge is 0.489 e. The third kappa shape index (κ3) is 5.79. The van der Waals surface area contributed by atoms with Crippen molar-refractivity contribution in [2.24, 2.45) is 5.92 Å². The van der Waals surface area contributed by atoms with Crippen molar-refractivity contribution in [2.45, 2.75) is 38.8 Å². The molecule has 1 aliphatic rings. The normalized spacial score (nSPS) is 19.2. The second kappa shape index (κ2) is 8.63. The lowest BCUT2D eigenvalue weighted by molar-refractivity contribution is -0.275. The first-order chi connectivity index (χ1) is 13.7. The Bertz CT molecular complexity index is 839. The summed E-state index contributed by atoms with van der Waals surface area (Å²) in [5.74, 6) is -0.217. The second-order valence-corrected chi connectivity index (χ2v) is 7.18. The quantitative estimate of drug-likeness (QED) is 0.708. The van der Waals surface area contributed by atoms with Crippen molar-refractivity contribution >= 4 is 11.7 Å². The summed E-state index contributed by atoms with van der Waals surface area (Å²) in [6.45, 7) is 2.79. The number of alkyl halides is 3. The van der Waals surface area contributed by atoms with Gasteiger partial charge >= 0.3 is 12.3 Å². The molecule has 2 aromatic carbocycles. The Morgan fingerprint density at radius 1 is 1.17 bits per heavy atom. The number of rotatable bonds is 7. The first-order valence-corrected chi connectivity index (χ1v) is 9.26. The maximum atomic E-state index is 12.5. The van der Waals surface area contributed by atoms with Gasteiger partial charge in [0.05, 0.1) is 6.42 Å². The largest absolute Gasteiger partial charge is 0.573 e. The minimum atomic E-state index is -4.77. The number of para-hydroxylation sites is 1. The summed E-state index contributed by atoms with van der Waals surface area (Å²) in [6, 6.07) is 12.9. The summed E-state index contributed by atoms with van der Waals surface area (Å²) in [4.78, 5) is 13.2. The molecule has 0 spiro atoms. The maximum absolute atomic E-state index is 12.5. The third-order valence-corrected chi connectivity index (χ3v) is 4.79. The van der Waals surface area contributed by atoms with Crippen LogP contribution in [-0.2, 0) is 11.4 Å². The molecule has 0 aromatic heterocycles. The predicted molar refractivity (Wildman–Crippen MR) is 101 cm³/mol. The number of hydrogen-bond donors (Lipinski definition) is 1. The lowest BCUT2D eigenvalue weighted by Gasteiger charge is -2.26. The highest BCUT2D eigenvalue weighted by atomic mass is 19.4. The van der Waals surface area contributed by atoms with Gasteiger partial charge in [0.15, 0.2) is 0 Å². The molecule has 156 valence electrons. The molecule has 0 saturated carbocycles. The highest BCUT2D eigenvalue weighted by molar-refractivity contribution is 5.69. The summed E-state index contributed by atoms with van der Waals surface area (Å²) >= 11 is 0. The molecule has 2 atom stereocenters. The van der Waals surface area contributed by atoms with E-state index < -0.39 is 12.3 Å². The van der Waals surface area contributed by atoms with Crippen LogP contribution >= 0.6 is 0 Å². The van der Waals surface area contributed by atoms with E-state index in [0.29, 0.717) is 11.7 Å². The van der Waals surface area contributed by atoms with Gasteiger partial charge in [-0.15, -0.1) is 13.2 Å². The van der Waals surface area contributed by atoms with Crippen molar-refractivity contribution in [3.8, 4) is 11.5 Å². The van der Waals surface area contributed by atoms with Crippen LogP contribution < -0.4 is 14.4 Å². The van der Waals surface area contributed by atoms with Gasteiger partial charge in [-0.3, -0.25) is 4.79 Å². The Morgan fingerprint density at radius 3 is 2.52 bits per heavy atom. The van der Waals surface area contributed by atoms with Crippen molar-refractivity contribution in [3.05, 3.63) is 54.1 Å². The summed E-state index contributed by atoms with van der Waals surface area (Å²) in [5.41, 5.74) is 1.18. The summed E-state index contributed by atoms with van der Waals surface area (Å²) < 4.78 is 47.2. The Hall–Kier alpha value is -2.90. The SMILES string of the molecule is CC1CC(CC(=O)O)N(c2ccc(OCc3ccccc3OC(F)(F)F)cc2)C1. The molecule has 3 rings (SSSR count). The minimum absolute atomic E-state index is 0.0549. The number of nitrogens with zero attached hydrogens (tertiary/aromatic N) is 1. The molecule has 8 heteroatoms. The fraction of sp³-hybridized carbons (Fsp3) is 0.381. The second-order valence-electron chi connectivity index (χ2n) is 7.18. The molecular formula is C21H22F3NO4. The molecule has 1 saturated heterocycles. The molecule has 0 amide bonds. The number of ether oxygens (including phenoxy) is 2. The van der Waals surface area contributed by atoms with Gasteiger partial charge in [-0.05, 0) is 42.7 Å². The Kier molecular flexibility index (Phi) is 6.20. The van der Waals surface area contributed by atoms with E-state index in [9.17, 15) is 18.0 Å². The number of hydrogen-bond acceptors (Lipinski definition) is 4. The molecule has 1 aliphatic heterocycles. The van der Waals surface area contributed by atoms with Crippen molar-refractivity contribution in [2.75, 3.05) is 11.4 Å². The lowest BCUT2D eigenvalue weighted by atomic mass is 10.1. The molecule has 2 aromatic rings. The minimum Gasteiger partial charge on any atom is -0.489 e. The van der Waals surface area contributed by atoms with Crippen molar-refractivity contribution in [3.63, 3.8) is 0 Å². The van der Waals surface area contributed by atoms with Crippen LogP contribution in [0, 0.1) is 5.92 Å². The van der Waals surface area contributed by atoms with Crippen molar-refractivity contribution in [1.29, 1.82) is 0 Å². The van der Waals surface area contributed by atoms with Gasteiger partial charge in [0.25, 0.3) is 0 Å². The van der Waals surface area contributed by atoms with Crippen LogP contribution in [0.3, 0.4) is 0 Å². The topological polar surface area (TPSA) is 59.0 Å². The molecule has 0 radical (unpaired) electrons. The molecule has 0 bridgehead atoms. The van der Waals surface area contributed by atoms with Crippen LogP contribution in [0.5, 0.6) is 11.5 Å². The van der Waals surface area contributed by atoms with Crippen LogP contribution in [0.25, 0.3) is 0 Å². The van der Waals surface area contributed by atoms with Gasteiger partial charge in [-0.1, -0.05) is 25.1 Å². The zero-order chi connectivity index (χ0) is 21.0. The number of anilines is 1. The van der Waals surface area contributed by atoms with Crippen LogP contribution in [0.15, 0.2) is 48.5 Å². The number of aliphatic carboxylic acids is 1. The van der Waals surface area contributed by atoms with Gasteiger partial charge in [0.1, 0.15) is 18.1 Å². The van der Waals surface area contributed by atoms with E-state index in [-0.39, 0.29) is 30.4 Å². The van der Waals surface area contributed by atoms with Crippen molar-refractivity contribution < 1.29 is 32.5 Å². The van der Waals surface area contributed by atoms with Crippen LogP contribution in [0.2, 0.25) is 0 Å². The summed E-state index contributed by atoms with van der Waals surface area (Å²) in [6.07, 6.45) is -3.86. The Labute approximate surface area is 166 Å². The standard InChI is InChI=1S/C21H22F3NO4/c1-14-10-17(11-20(26)27)25(12-14)16-6-8-18(9-7-16)28-13-15-4-2-3-5-19(15)29-21(22,23)24/h2-9,14,17H,10-13H2,1H3,(H,26,27). The molecule has 5 nitrogen and oxygen atoms in total. The van der Waals surface area contributed by atoms with Gasteiger partial charge in [-0.25, -0.2) is 0 Å². The van der Waals surface area contributed by atoms with E-state index >= 15 is 0 Å². The zero-order valence-corrected chi connectivity index (χ0v) is 15.9. The van der Waals surface area contributed by atoms with E-state index in [0.717, 1.165) is 18.7 Å². The monoisotopic (exact) mass is 409 g/mol. The fourth-order valence-electron chi connectivity index (χ4n) is 3.60. The van der Waals surface area contributed by atoms with Crippen LogP contribution in [0.4, 0.5) is 18.9 Å². The van der Waals surface area contributed by atoms with E-state index in [4.69, 9.17) is 9.84 Å². The average Bonchev–Trinajstić information content (AvgIpc) is 2.99. The van der Waals surface area contributed by atoms with Crippen LogP contribution in [0.1, 0.15) is 25.3 Å². The highest BCUT2D eigenvalue weighted by Gasteiger charge is 2.32. The van der Waals surface area contributed by atoms with Gasteiger partial charge in [0.2, 0.25) is 0 Å². The van der Waals surface area contributed by atoms with Gasteiger partial charge in [-0.2, -0.15) is 0 Å².